The van der Waals surface area contributed by atoms with Gasteiger partial charge in [0.05, 0.1) is 27.5 Å². The minimum atomic E-state index is -4.56. The van der Waals surface area contributed by atoms with E-state index in [9.17, 15) is 62.7 Å². The standard InChI is InChI=1S/C18H16ClF4N7O.C18H17ClF4N6OS.C18H17ClF3N7O.4H2/c19-9-3-10-11(5-26-14(10)25-4-9)15-27-6-12(20)16(29-15)30-2-1-24-7-13(30)17(31)28-8-18(21,22)23;1-31-3-2-13(17(30)27-8-18(21,22)23)28-16-12(20)7-26-15(29-16)11-6-25-14-10(11)4-9(19)5-24-14;19-10-5-11-12(7-26-15(11)25-6-10)16-24-2-1-14(28-16)29-4-3-23-8-13(29)17(30)27-9-18(20,21)22;;;;/h3-6,13,24H,1-2,7-8H2,(H,25,26)(H,28,31);4-7,13H,2-3,8H2,1H3,(H,24,25)(H,27,30)(H,26,28,29);1-2,5-7,13,23H,3-4,8-9H2,(H,25,26)(H,27,30);4*1H/t3*13-;;;;/m111..../s1. The number of anilines is 3. The molecule has 2 aliphatic rings. The molecular formula is C54H58Cl3F11N20O3S. The summed E-state index contributed by atoms with van der Waals surface area (Å²) in [5, 5.41) is 17.4. The highest BCUT2D eigenvalue weighted by molar-refractivity contribution is 7.98. The first-order chi connectivity index (χ1) is 43.7. The van der Waals surface area contributed by atoms with Crippen LogP contribution < -0.4 is 41.7 Å². The van der Waals surface area contributed by atoms with Crippen LogP contribution in [0.15, 0.2) is 80.0 Å². The van der Waals surface area contributed by atoms with Crippen molar-refractivity contribution in [2.24, 2.45) is 0 Å². The molecule has 0 saturated carbocycles. The van der Waals surface area contributed by atoms with Crippen LogP contribution in [0.3, 0.4) is 0 Å². The molecule has 92 heavy (non-hydrogen) atoms. The number of carbonyl (C=O) groups excluding carboxylic acids is 3. The lowest BCUT2D eigenvalue weighted by Gasteiger charge is -2.36. The van der Waals surface area contributed by atoms with E-state index in [4.69, 9.17) is 34.8 Å². The highest BCUT2D eigenvalue weighted by Crippen LogP contribution is 2.33. The number of alkyl halides is 9. The van der Waals surface area contributed by atoms with Crippen LogP contribution in [0.5, 0.6) is 0 Å². The molecule has 0 unspecified atom stereocenters. The Labute approximate surface area is 537 Å². The quantitative estimate of drug-likeness (QED) is 0.0407. The van der Waals surface area contributed by atoms with Gasteiger partial charge in [-0.15, -0.1) is 0 Å². The summed E-state index contributed by atoms with van der Waals surface area (Å²) in [4.78, 5) is 86.7. The zero-order valence-corrected chi connectivity index (χ0v) is 50.4. The Morgan fingerprint density at radius 1 is 0.609 bits per heavy atom. The first-order valence-electron chi connectivity index (χ1n) is 27.2. The highest BCUT2D eigenvalue weighted by atomic mass is 35.5. The van der Waals surface area contributed by atoms with Gasteiger partial charge in [-0.3, -0.25) is 14.4 Å². The summed E-state index contributed by atoms with van der Waals surface area (Å²) in [7, 11) is 0. The maximum absolute atomic E-state index is 14.6. The predicted molar refractivity (Wildman–Crippen MR) is 330 cm³/mol. The zero-order chi connectivity index (χ0) is 66.1. The number of aromatic amines is 3. The van der Waals surface area contributed by atoms with E-state index in [1.165, 1.54) is 35.3 Å². The number of piperazine rings is 2. The number of thioether (sulfide) groups is 1. The van der Waals surface area contributed by atoms with E-state index in [0.717, 1.165) is 17.8 Å². The molecule has 2 fully saturated rings. The fourth-order valence-corrected chi connectivity index (χ4v) is 10.4. The van der Waals surface area contributed by atoms with Crippen molar-refractivity contribution < 1.29 is 68.4 Å². The lowest BCUT2D eigenvalue weighted by Crippen LogP contribution is -2.59. The maximum atomic E-state index is 14.6. The lowest BCUT2D eigenvalue weighted by molar-refractivity contribution is -0.139. The topological polar surface area (TPSA) is 293 Å². The van der Waals surface area contributed by atoms with Gasteiger partial charge < -0.3 is 56.7 Å². The van der Waals surface area contributed by atoms with E-state index in [1.807, 2.05) is 16.0 Å². The fourth-order valence-electron chi connectivity index (χ4n) is 9.41. The van der Waals surface area contributed by atoms with Crippen LogP contribution in [0.25, 0.3) is 67.3 Å². The van der Waals surface area contributed by atoms with Crippen molar-refractivity contribution in [1.29, 1.82) is 0 Å². The summed E-state index contributed by atoms with van der Waals surface area (Å²) >= 11 is 19.4. The Hall–Kier alpha value is -8.51. The molecular weight excluding hydrogens is 1320 g/mol. The average molecular weight is 1380 g/mol. The van der Waals surface area contributed by atoms with Crippen molar-refractivity contribution in [3.8, 4) is 34.2 Å². The second-order valence-corrected chi connectivity index (χ2v) is 22.3. The minimum absolute atomic E-state index is 0. The monoisotopic (exact) mass is 1380 g/mol. The minimum Gasteiger partial charge on any atom is -0.356 e. The van der Waals surface area contributed by atoms with Crippen molar-refractivity contribution in [3.05, 3.63) is 107 Å². The normalized spacial score (nSPS) is 15.7. The largest absolute Gasteiger partial charge is 0.405 e. The Balaban J connectivity index is 0.000000255. The first-order valence-corrected chi connectivity index (χ1v) is 29.8. The molecule has 496 valence electrons. The van der Waals surface area contributed by atoms with Crippen molar-refractivity contribution in [3.63, 3.8) is 0 Å². The summed E-state index contributed by atoms with van der Waals surface area (Å²) in [6.45, 7) is -2.57. The number of pyridine rings is 3. The van der Waals surface area contributed by atoms with Crippen molar-refractivity contribution >= 4 is 115 Å². The third-order valence-corrected chi connectivity index (χ3v) is 14.9. The van der Waals surface area contributed by atoms with Crippen LogP contribution in [-0.2, 0) is 14.4 Å². The Morgan fingerprint density at radius 2 is 1.05 bits per heavy atom. The number of rotatable bonds is 16. The van der Waals surface area contributed by atoms with Crippen LogP contribution in [0.2, 0.25) is 15.1 Å². The summed E-state index contributed by atoms with van der Waals surface area (Å²) in [5.74, 6) is -3.07. The van der Waals surface area contributed by atoms with Crippen molar-refractivity contribution in [2.45, 2.75) is 43.1 Å². The zero-order valence-electron chi connectivity index (χ0n) is 47.4. The molecule has 23 nitrogen and oxygen atoms in total. The van der Waals surface area contributed by atoms with Crippen LogP contribution >= 0.6 is 46.6 Å². The number of fused-ring (bicyclic) bond motifs is 3. The number of amides is 3. The van der Waals surface area contributed by atoms with Gasteiger partial charge in [0, 0.05) is 121 Å². The van der Waals surface area contributed by atoms with Gasteiger partial charge in [-0.2, -0.15) is 51.3 Å². The van der Waals surface area contributed by atoms with Crippen LogP contribution in [0, 0.1) is 11.6 Å². The van der Waals surface area contributed by atoms with Gasteiger partial charge in [0.1, 0.15) is 60.5 Å². The number of halogens is 14. The third kappa shape index (κ3) is 17.5. The number of nitrogens with one attached hydrogen (secondary N) is 9. The molecule has 3 atom stereocenters. The van der Waals surface area contributed by atoms with E-state index in [1.54, 1.807) is 60.2 Å². The first kappa shape index (κ1) is 67.9. The number of carbonyl (C=O) groups is 3. The Kier molecular flexibility index (Phi) is 21.7. The Morgan fingerprint density at radius 3 is 1.54 bits per heavy atom. The van der Waals surface area contributed by atoms with Gasteiger partial charge in [0.2, 0.25) is 17.7 Å². The summed E-state index contributed by atoms with van der Waals surface area (Å²) in [6, 6.07) is 3.63. The van der Waals surface area contributed by atoms with E-state index in [-0.39, 0.29) is 55.0 Å². The summed E-state index contributed by atoms with van der Waals surface area (Å²) in [5.41, 5.74) is 3.35. The molecule has 2 saturated heterocycles. The average Bonchev–Trinajstić information content (AvgIpc) is 1.47. The molecule has 11 rings (SSSR count). The molecule has 11 heterocycles. The van der Waals surface area contributed by atoms with Gasteiger partial charge >= 0.3 is 18.5 Å². The van der Waals surface area contributed by atoms with Gasteiger partial charge in [-0.1, -0.05) is 34.8 Å². The number of H-pyrrole nitrogens is 3. The van der Waals surface area contributed by atoms with Gasteiger partial charge in [-0.05, 0) is 42.7 Å². The molecule has 9 N–H and O–H groups in total. The Bertz CT molecular complexity index is 4110. The van der Waals surface area contributed by atoms with Crippen LogP contribution in [-0.4, -0.2) is 185 Å². The summed E-state index contributed by atoms with van der Waals surface area (Å²) in [6.07, 6.45) is 1.09. The number of nitrogens with zero attached hydrogens (tertiary/aromatic N) is 11. The van der Waals surface area contributed by atoms with E-state index in [0.29, 0.717) is 96.5 Å². The molecule has 3 amide bonds. The molecule has 0 spiro atoms. The third-order valence-electron chi connectivity index (χ3n) is 13.6. The lowest BCUT2D eigenvalue weighted by atomic mass is 10.1. The predicted octanol–water partition coefficient (Wildman–Crippen LogP) is 9.41. The van der Waals surface area contributed by atoms with Crippen LogP contribution in [0.4, 0.5) is 65.7 Å². The molecule has 0 aliphatic carbocycles. The molecule has 0 radical (unpaired) electrons. The molecule has 9 aromatic rings. The second kappa shape index (κ2) is 29.4. The number of aromatic nitrogens is 12. The molecule has 9 aromatic heterocycles. The second-order valence-electron chi connectivity index (χ2n) is 20.1. The molecule has 0 bridgehead atoms. The van der Waals surface area contributed by atoms with Gasteiger partial charge in [-0.25, -0.2) is 53.6 Å². The van der Waals surface area contributed by atoms with Gasteiger partial charge in [0.15, 0.2) is 40.7 Å². The fraction of sp³-hybridized carbons (Fsp3) is 0.333. The van der Waals surface area contributed by atoms with Crippen LogP contribution in [0.1, 0.15) is 12.1 Å². The number of hydrogen-bond donors (Lipinski definition) is 9. The van der Waals surface area contributed by atoms with Crippen molar-refractivity contribution in [1.82, 2.24) is 86.4 Å². The van der Waals surface area contributed by atoms with E-state index in [2.05, 4.69) is 75.8 Å². The molecule has 0 aromatic carbocycles. The maximum Gasteiger partial charge on any atom is 0.405 e. The smallest absolute Gasteiger partial charge is 0.356 e. The summed E-state index contributed by atoms with van der Waals surface area (Å²) < 4.78 is 141. The highest BCUT2D eigenvalue weighted by Gasteiger charge is 2.37. The number of hydrogen-bond acceptors (Lipinski definition) is 18. The SMILES string of the molecule is CSCC[C@@H](Nc1nc(-c2c[nH]c3ncc(Cl)cc23)ncc1F)C(=O)NCC(F)(F)F.O=C(NCC(F)(F)F)[C@H]1CNCCN1c1ccnc(-c2c[nH]c3ncc(Cl)cc23)n1.O=C(NCC(F)(F)F)[C@H]1CNCCN1c1nc(-c2c[nH]c3ncc(Cl)cc23)ncc1F.[HH].[HH].[HH].[HH]. The molecule has 38 heteroatoms. The van der Waals surface area contributed by atoms with Crippen molar-refractivity contribution in [2.75, 3.05) is 86.0 Å². The van der Waals surface area contributed by atoms with Gasteiger partial charge in [0.25, 0.3) is 0 Å². The van der Waals surface area contributed by atoms with E-state index >= 15 is 0 Å². The van der Waals surface area contributed by atoms with E-state index < -0.39 is 85.6 Å². The molecule has 2 aliphatic heterocycles.